The maximum Gasteiger partial charge on any atom is 0.244 e. The largest absolute Gasteiger partial charge is 0.314 e. The lowest BCUT2D eigenvalue weighted by Gasteiger charge is -2.33. The third-order valence-electron chi connectivity index (χ3n) is 3.73. The van der Waals surface area contributed by atoms with E-state index >= 15 is 0 Å². The second-order valence-electron chi connectivity index (χ2n) is 5.14. The fourth-order valence-corrected chi connectivity index (χ4v) is 5.24. The highest BCUT2D eigenvalue weighted by atomic mass is 79.9. The van der Waals surface area contributed by atoms with E-state index in [4.69, 9.17) is 0 Å². The fraction of sp³-hybridized carbons (Fsp3) is 0.357. The Morgan fingerprint density at radius 3 is 2.95 bits per heavy atom. The molecule has 1 aromatic carbocycles. The first kappa shape index (κ1) is 14.9. The van der Waals surface area contributed by atoms with Crippen molar-refractivity contribution in [2.75, 3.05) is 19.6 Å². The molecule has 0 radical (unpaired) electrons. The van der Waals surface area contributed by atoms with E-state index in [-0.39, 0.29) is 6.04 Å². The van der Waals surface area contributed by atoms with Crippen molar-refractivity contribution < 1.29 is 8.42 Å². The highest BCUT2D eigenvalue weighted by Crippen LogP contribution is 2.31. The van der Waals surface area contributed by atoms with Crippen LogP contribution in [0.15, 0.2) is 40.0 Å². The van der Waals surface area contributed by atoms with E-state index in [1.165, 1.54) is 0 Å². The Labute approximate surface area is 132 Å². The van der Waals surface area contributed by atoms with Gasteiger partial charge in [-0.2, -0.15) is 4.31 Å². The Hall–Kier alpha value is -1.02. The molecule has 1 aliphatic heterocycles. The van der Waals surface area contributed by atoms with Crippen LogP contribution in [0.5, 0.6) is 0 Å². The van der Waals surface area contributed by atoms with Crippen LogP contribution in [0, 0.1) is 0 Å². The molecule has 3 rings (SSSR count). The Bertz CT molecular complexity index is 774. The van der Waals surface area contributed by atoms with Crippen LogP contribution in [0.3, 0.4) is 0 Å². The number of benzene rings is 1. The van der Waals surface area contributed by atoms with Gasteiger partial charge in [0, 0.05) is 53.3 Å². The SMILES string of the molecule is CC1CNCCN1S(=O)(=O)c1cccc2cncc(Br)c12. The number of hydrogen-bond donors (Lipinski definition) is 1. The zero-order chi connectivity index (χ0) is 15.0. The molecule has 0 spiro atoms. The van der Waals surface area contributed by atoms with E-state index in [0.717, 1.165) is 5.39 Å². The molecule has 0 aliphatic carbocycles. The summed E-state index contributed by atoms with van der Waals surface area (Å²) in [6.07, 6.45) is 3.31. The van der Waals surface area contributed by atoms with Gasteiger partial charge in [0.25, 0.3) is 0 Å². The van der Waals surface area contributed by atoms with Crippen LogP contribution in [0.1, 0.15) is 6.92 Å². The number of sulfonamides is 1. The number of pyridine rings is 1. The van der Waals surface area contributed by atoms with Gasteiger partial charge >= 0.3 is 0 Å². The van der Waals surface area contributed by atoms with E-state index < -0.39 is 10.0 Å². The first-order valence-corrected chi connectivity index (χ1v) is 9.00. The summed E-state index contributed by atoms with van der Waals surface area (Å²) >= 11 is 3.42. The fourth-order valence-electron chi connectivity index (χ4n) is 2.68. The van der Waals surface area contributed by atoms with Crippen LogP contribution >= 0.6 is 15.9 Å². The molecule has 0 amide bonds. The molecule has 1 fully saturated rings. The second-order valence-corrected chi connectivity index (χ2v) is 7.86. The van der Waals surface area contributed by atoms with Crippen LogP contribution in [-0.4, -0.2) is 43.4 Å². The smallest absolute Gasteiger partial charge is 0.244 e. The van der Waals surface area contributed by atoms with Crippen LogP contribution in [0.2, 0.25) is 0 Å². The highest BCUT2D eigenvalue weighted by Gasteiger charge is 2.32. The minimum absolute atomic E-state index is 0.0559. The van der Waals surface area contributed by atoms with Crippen molar-refractivity contribution >= 4 is 36.7 Å². The summed E-state index contributed by atoms with van der Waals surface area (Å²) in [6, 6.07) is 5.24. The van der Waals surface area contributed by atoms with Crippen molar-refractivity contribution in [3.8, 4) is 0 Å². The predicted octanol–water partition coefficient (Wildman–Crippen LogP) is 1.98. The molecule has 0 saturated carbocycles. The number of aromatic nitrogens is 1. The van der Waals surface area contributed by atoms with Gasteiger partial charge in [-0.25, -0.2) is 8.42 Å². The summed E-state index contributed by atoms with van der Waals surface area (Å²) in [5.41, 5.74) is 0. The van der Waals surface area contributed by atoms with Crippen molar-refractivity contribution in [2.45, 2.75) is 17.9 Å². The molecule has 1 N–H and O–H groups in total. The van der Waals surface area contributed by atoms with Crippen molar-refractivity contribution in [1.82, 2.24) is 14.6 Å². The van der Waals surface area contributed by atoms with Gasteiger partial charge in [-0.15, -0.1) is 0 Å². The maximum atomic E-state index is 13.0. The first-order chi connectivity index (χ1) is 10.0. The van der Waals surface area contributed by atoms with Gasteiger partial charge in [0.1, 0.15) is 0 Å². The molecule has 21 heavy (non-hydrogen) atoms. The lowest BCUT2D eigenvalue weighted by Crippen LogP contribution is -2.52. The van der Waals surface area contributed by atoms with Gasteiger partial charge in [-0.05, 0) is 28.9 Å². The van der Waals surface area contributed by atoms with Crippen LogP contribution in [0.4, 0.5) is 0 Å². The third-order valence-corrected chi connectivity index (χ3v) is 6.38. The summed E-state index contributed by atoms with van der Waals surface area (Å²) < 4.78 is 28.3. The number of piperazine rings is 1. The summed E-state index contributed by atoms with van der Waals surface area (Å²) in [4.78, 5) is 4.43. The van der Waals surface area contributed by atoms with Crippen molar-refractivity contribution in [2.24, 2.45) is 0 Å². The van der Waals surface area contributed by atoms with Crippen LogP contribution < -0.4 is 5.32 Å². The lowest BCUT2D eigenvalue weighted by molar-refractivity contribution is 0.284. The summed E-state index contributed by atoms with van der Waals surface area (Å²) in [7, 11) is -3.52. The molecule has 1 saturated heterocycles. The number of halogens is 1. The number of fused-ring (bicyclic) bond motifs is 1. The van der Waals surface area contributed by atoms with Crippen molar-refractivity contribution in [3.63, 3.8) is 0 Å². The Kier molecular flexibility index (Phi) is 4.00. The zero-order valence-corrected chi connectivity index (χ0v) is 14.0. The number of hydrogen-bond acceptors (Lipinski definition) is 4. The van der Waals surface area contributed by atoms with E-state index in [0.29, 0.717) is 34.4 Å². The summed E-state index contributed by atoms with van der Waals surface area (Å²) in [5.74, 6) is 0. The number of nitrogens with one attached hydrogen (secondary N) is 1. The average molecular weight is 370 g/mol. The lowest BCUT2D eigenvalue weighted by atomic mass is 10.2. The maximum absolute atomic E-state index is 13.0. The molecule has 5 nitrogen and oxygen atoms in total. The topological polar surface area (TPSA) is 62.3 Å². The van der Waals surface area contributed by atoms with Crippen molar-refractivity contribution in [3.05, 3.63) is 35.1 Å². The zero-order valence-electron chi connectivity index (χ0n) is 11.6. The minimum Gasteiger partial charge on any atom is -0.314 e. The van der Waals surface area contributed by atoms with Gasteiger partial charge in [0.2, 0.25) is 10.0 Å². The molecular weight excluding hydrogens is 354 g/mol. The van der Waals surface area contributed by atoms with E-state index in [1.54, 1.807) is 28.8 Å². The molecule has 1 unspecified atom stereocenters. The molecule has 0 bridgehead atoms. The van der Waals surface area contributed by atoms with E-state index in [9.17, 15) is 8.42 Å². The molecule has 1 aliphatic rings. The number of rotatable bonds is 2. The van der Waals surface area contributed by atoms with Gasteiger partial charge in [0.05, 0.1) is 4.90 Å². The second kappa shape index (κ2) is 5.64. The Morgan fingerprint density at radius 1 is 1.38 bits per heavy atom. The minimum atomic E-state index is -3.52. The third kappa shape index (κ3) is 2.59. The van der Waals surface area contributed by atoms with Gasteiger partial charge in [0.15, 0.2) is 0 Å². The van der Waals surface area contributed by atoms with E-state index in [2.05, 4.69) is 26.2 Å². The Balaban J connectivity index is 2.19. The van der Waals surface area contributed by atoms with E-state index in [1.807, 2.05) is 13.0 Å². The molecule has 7 heteroatoms. The number of nitrogens with zero attached hydrogens (tertiary/aromatic N) is 2. The molecule has 112 valence electrons. The molecule has 2 heterocycles. The van der Waals surface area contributed by atoms with Crippen molar-refractivity contribution in [1.29, 1.82) is 0 Å². The monoisotopic (exact) mass is 369 g/mol. The van der Waals surface area contributed by atoms with Crippen LogP contribution in [0.25, 0.3) is 10.8 Å². The predicted molar refractivity (Wildman–Crippen MR) is 85.7 cm³/mol. The van der Waals surface area contributed by atoms with Gasteiger partial charge in [-0.1, -0.05) is 12.1 Å². The first-order valence-electron chi connectivity index (χ1n) is 6.76. The Morgan fingerprint density at radius 2 is 2.19 bits per heavy atom. The quantitative estimate of drug-likeness (QED) is 0.878. The molecule has 1 aromatic heterocycles. The normalized spacial score (nSPS) is 20.8. The molecular formula is C14H16BrN3O2S. The summed E-state index contributed by atoms with van der Waals surface area (Å²) in [6.45, 7) is 3.76. The summed E-state index contributed by atoms with van der Waals surface area (Å²) in [5, 5.41) is 4.72. The average Bonchev–Trinajstić information content (AvgIpc) is 2.47. The van der Waals surface area contributed by atoms with Crippen LogP contribution in [-0.2, 0) is 10.0 Å². The van der Waals surface area contributed by atoms with Gasteiger partial charge < -0.3 is 5.32 Å². The molecule has 1 atom stereocenters. The standard InChI is InChI=1S/C14H16BrN3O2S/c1-10-7-16-5-6-18(10)21(19,20)13-4-2-3-11-8-17-9-12(15)14(11)13/h2-4,8-10,16H,5-7H2,1H3. The van der Waals surface area contributed by atoms with Gasteiger partial charge in [-0.3, -0.25) is 4.98 Å². The highest BCUT2D eigenvalue weighted by molar-refractivity contribution is 9.10. The molecule has 2 aromatic rings.